The second kappa shape index (κ2) is 6.17. The van der Waals surface area contributed by atoms with Crippen LogP contribution in [0.4, 0.5) is 4.39 Å². The van der Waals surface area contributed by atoms with Gasteiger partial charge < -0.3 is 14.6 Å². The third-order valence-corrected chi connectivity index (χ3v) is 3.70. The number of hydrogen-bond donors (Lipinski definition) is 1. The third kappa shape index (κ3) is 3.44. The van der Waals surface area contributed by atoms with Crippen molar-refractivity contribution < 1.29 is 23.8 Å². The molecule has 0 radical (unpaired) electrons. The zero-order valence-corrected chi connectivity index (χ0v) is 10.4. The molecule has 1 saturated heterocycles. The molecule has 1 heterocycles. The summed E-state index contributed by atoms with van der Waals surface area (Å²) in [5.74, 6) is -1.26. The van der Waals surface area contributed by atoms with Crippen LogP contribution in [0.3, 0.4) is 0 Å². The predicted molar refractivity (Wildman–Crippen MR) is 64.4 cm³/mol. The van der Waals surface area contributed by atoms with E-state index in [1.165, 1.54) is 23.9 Å². The predicted octanol–water partition coefficient (Wildman–Crippen LogP) is 2.38. The fourth-order valence-electron chi connectivity index (χ4n) is 1.58. The molecule has 1 atom stereocenters. The number of rotatable bonds is 4. The van der Waals surface area contributed by atoms with Gasteiger partial charge >= 0.3 is 5.97 Å². The molecule has 0 saturated carbocycles. The van der Waals surface area contributed by atoms with Crippen molar-refractivity contribution in [1.29, 1.82) is 0 Å². The highest BCUT2D eigenvalue weighted by Crippen LogP contribution is 2.24. The summed E-state index contributed by atoms with van der Waals surface area (Å²) in [4.78, 5) is 11.5. The van der Waals surface area contributed by atoms with E-state index < -0.39 is 11.8 Å². The molecule has 6 heteroatoms. The van der Waals surface area contributed by atoms with Crippen LogP contribution in [0.15, 0.2) is 23.1 Å². The summed E-state index contributed by atoms with van der Waals surface area (Å²) in [6.45, 7) is 0.976. The Bertz CT molecular complexity index is 432. The Hall–Kier alpha value is -1.11. The lowest BCUT2D eigenvalue weighted by Crippen LogP contribution is -2.25. The smallest absolute Gasteiger partial charge is 0.338 e. The lowest BCUT2D eigenvalue weighted by Gasteiger charge is -2.22. The van der Waals surface area contributed by atoms with Crippen LogP contribution in [-0.2, 0) is 9.47 Å². The van der Waals surface area contributed by atoms with Gasteiger partial charge in [-0.05, 0) is 24.6 Å². The molecule has 0 aromatic heterocycles. The number of halogens is 1. The van der Waals surface area contributed by atoms with Crippen molar-refractivity contribution >= 4 is 17.7 Å². The second-order valence-corrected chi connectivity index (χ2v) is 4.95. The van der Waals surface area contributed by atoms with Gasteiger partial charge in [-0.25, -0.2) is 9.18 Å². The highest BCUT2D eigenvalue weighted by molar-refractivity contribution is 7.99. The molecule has 1 N–H and O–H groups in total. The van der Waals surface area contributed by atoms with Gasteiger partial charge in [-0.1, -0.05) is 0 Å². The Morgan fingerprint density at radius 2 is 2.39 bits per heavy atom. The van der Waals surface area contributed by atoms with Crippen molar-refractivity contribution in [3.63, 3.8) is 0 Å². The van der Waals surface area contributed by atoms with Gasteiger partial charge in [-0.15, -0.1) is 11.8 Å². The Balaban J connectivity index is 1.96. The highest BCUT2D eigenvalue weighted by atomic mass is 32.2. The molecule has 18 heavy (non-hydrogen) atoms. The molecule has 4 nitrogen and oxygen atoms in total. The molecular formula is C12H13FO4S. The van der Waals surface area contributed by atoms with Crippen LogP contribution in [0.25, 0.3) is 0 Å². The van der Waals surface area contributed by atoms with Crippen LogP contribution in [0.1, 0.15) is 16.8 Å². The summed E-state index contributed by atoms with van der Waals surface area (Å²) in [7, 11) is 0. The monoisotopic (exact) mass is 272 g/mol. The molecule has 1 aliphatic heterocycles. The van der Waals surface area contributed by atoms with E-state index in [1.807, 2.05) is 0 Å². The number of hydrogen-bond acceptors (Lipinski definition) is 4. The number of ether oxygens (including phenoxy) is 2. The topological polar surface area (TPSA) is 55.8 Å². The van der Waals surface area contributed by atoms with Gasteiger partial charge in [0.05, 0.1) is 18.3 Å². The van der Waals surface area contributed by atoms with Gasteiger partial charge in [-0.3, -0.25) is 0 Å². The van der Waals surface area contributed by atoms with E-state index >= 15 is 0 Å². The molecule has 2 rings (SSSR count). The molecule has 0 amide bonds. The number of carboxylic acids is 1. The van der Waals surface area contributed by atoms with Crippen molar-refractivity contribution in [2.24, 2.45) is 0 Å². The summed E-state index contributed by atoms with van der Waals surface area (Å²) in [6.07, 6.45) is 0.919. The van der Waals surface area contributed by atoms with Crippen LogP contribution in [0.2, 0.25) is 0 Å². The van der Waals surface area contributed by atoms with E-state index in [-0.39, 0.29) is 11.7 Å². The zero-order valence-electron chi connectivity index (χ0n) is 9.60. The van der Waals surface area contributed by atoms with Crippen molar-refractivity contribution in [1.82, 2.24) is 0 Å². The fourth-order valence-corrected chi connectivity index (χ4v) is 2.59. The molecule has 1 aliphatic rings. The first-order chi connectivity index (χ1) is 8.66. The summed E-state index contributed by atoms with van der Waals surface area (Å²) >= 11 is 1.46. The summed E-state index contributed by atoms with van der Waals surface area (Å²) in [5.41, 5.74) is -0.298. The SMILES string of the molecule is O=C(O)c1cc(SCC2CCOCO2)ccc1F. The number of aromatic carboxylic acids is 1. The van der Waals surface area contributed by atoms with Gasteiger partial charge in [0.25, 0.3) is 0 Å². The van der Waals surface area contributed by atoms with Crippen molar-refractivity contribution in [3.8, 4) is 0 Å². The van der Waals surface area contributed by atoms with Gasteiger partial charge in [0.2, 0.25) is 0 Å². The normalized spacial score (nSPS) is 19.7. The first-order valence-corrected chi connectivity index (χ1v) is 6.50. The largest absolute Gasteiger partial charge is 0.478 e. The number of carboxylic acid groups (broad SMARTS) is 1. The Morgan fingerprint density at radius 3 is 3.06 bits per heavy atom. The lowest BCUT2D eigenvalue weighted by molar-refractivity contribution is -0.130. The molecule has 1 fully saturated rings. The number of benzene rings is 1. The molecule has 1 aromatic carbocycles. The molecule has 1 unspecified atom stereocenters. The summed E-state index contributed by atoms with van der Waals surface area (Å²) in [6, 6.07) is 4.10. The van der Waals surface area contributed by atoms with E-state index in [0.717, 1.165) is 11.3 Å². The molecule has 0 spiro atoms. The van der Waals surface area contributed by atoms with Gasteiger partial charge in [0.15, 0.2) is 0 Å². The number of carbonyl (C=O) groups is 1. The van der Waals surface area contributed by atoms with Crippen molar-refractivity contribution in [2.75, 3.05) is 19.2 Å². The minimum atomic E-state index is -1.25. The van der Waals surface area contributed by atoms with Crippen molar-refractivity contribution in [2.45, 2.75) is 17.4 Å². The van der Waals surface area contributed by atoms with Gasteiger partial charge in [-0.2, -0.15) is 0 Å². The van der Waals surface area contributed by atoms with Gasteiger partial charge in [0, 0.05) is 10.6 Å². The van der Waals surface area contributed by atoms with Crippen LogP contribution in [0.5, 0.6) is 0 Å². The third-order valence-electron chi connectivity index (χ3n) is 2.58. The fraction of sp³-hybridized carbons (Fsp3) is 0.417. The minimum absolute atomic E-state index is 0.0991. The molecule has 98 valence electrons. The maximum Gasteiger partial charge on any atom is 0.338 e. The number of thioether (sulfide) groups is 1. The summed E-state index contributed by atoms with van der Waals surface area (Å²) in [5, 5.41) is 8.82. The molecular weight excluding hydrogens is 259 g/mol. The zero-order chi connectivity index (χ0) is 13.0. The second-order valence-electron chi connectivity index (χ2n) is 3.86. The van der Waals surface area contributed by atoms with Crippen LogP contribution in [0, 0.1) is 5.82 Å². The van der Waals surface area contributed by atoms with Crippen molar-refractivity contribution in [3.05, 3.63) is 29.6 Å². The Morgan fingerprint density at radius 1 is 1.56 bits per heavy atom. The first kappa shape index (κ1) is 13.3. The van der Waals surface area contributed by atoms with Crippen LogP contribution >= 0.6 is 11.8 Å². The maximum absolute atomic E-state index is 13.2. The van der Waals surface area contributed by atoms with E-state index in [0.29, 0.717) is 19.2 Å². The minimum Gasteiger partial charge on any atom is -0.478 e. The molecule has 0 aliphatic carbocycles. The van der Waals surface area contributed by atoms with E-state index in [4.69, 9.17) is 14.6 Å². The van der Waals surface area contributed by atoms with E-state index in [9.17, 15) is 9.18 Å². The van der Waals surface area contributed by atoms with E-state index in [2.05, 4.69) is 0 Å². The Kier molecular flexibility index (Phi) is 4.57. The average molecular weight is 272 g/mol. The first-order valence-electron chi connectivity index (χ1n) is 5.52. The molecule has 1 aromatic rings. The highest BCUT2D eigenvalue weighted by Gasteiger charge is 2.16. The quantitative estimate of drug-likeness (QED) is 0.853. The maximum atomic E-state index is 13.2. The average Bonchev–Trinajstić information content (AvgIpc) is 2.38. The lowest BCUT2D eigenvalue weighted by atomic mass is 10.2. The standard InChI is InChI=1S/C12H13FO4S/c13-11-2-1-9(5-10(11)12(14)15)18-6-8-3-4-16-7-17-8/h1-2,5,8H,3-4,6-7H2,(H,14,15). The van der Waals surface area contributed by atoms with E-state index in [1.54, 1.807) is 6.07 Å². The molecule has 0 bridgehead atoms. The van der Waals surface area contributed by atoms with Crippen LogP contribution < -0.4 is 0 Å². The van der Waals surface area contributed by atoms with Crippen LogP contribution in [-0.4, -0.2) is 36.3 Å². The van der Waals surface area contributed by atoms with Gasteiger partial charge in [0.1, 0.15) is 12.6 Å². The Labute approximate surface area is 108 Å². The summed E-state index contributed by atoms with van der Waals surface area (Å²) < 4.78 is 23.6.